The molecule has 12 heteroatoms. The number of nitrogens with one attached hydrogen (secondary N) is 3. The molecule has 2 rings (SSSR count). The molecule has 0 saturated heterocycles. The van der Waals surface area contributed by atoms with Gasteiger partial charge in [0.25, 0.3) is 10.0 Å². The highest BCUT2D eigenvalue weighted by Crippen LogP contribution is 2.21. The van der Waals surface area contributed by atoms with Crippen LogP contribution in [0.3, 0.4) is 0 Å². The minimum atomic E-state index is -3.92. The van der Waals surface area contributed by atoms with Crippen LogP contribution in [0.2, 0.25) is 0 Å². The number of sulfonamides is 1. The third-order valence-electron chi connectivity index (χ3n) is 4.25. The van der Waals surface area contributed by atoms with Crippen LogP contribution in [0.5, 0.6) is 11.9 Å². The van der Waals surface area contributed by atoms with Crippen molar-refractivity contribution in [3.05, 3.63) is 30.3 Å². The Morgan fingerprint density at radius 3 is 2.41 bits per heavy atom. The molecule has 1 aromatic carbocycles. The van der Waals surface area contributed by atoms with Gasteiger partial charge in [-0.1, -0.05) is 26.2 Å². The first-order valence-electron chi connectivity index (χ1n) is 9.98. The van der Waals surface area contributed by atoms with Gasteiger partial charge in [0.15, 0.2) is 10.9 Å². The fourth-order valence-electron chi connectivity index (χ4n) is 2.63. The number of amides is 1. The summed E-state index contributed by atoms with van der Waals surface area (Å²) in [6.45, 7) is 2.11. The normalized spacial score (nSPS) is 10.8. The van der Waals surface area contributed by atoms with Gasteiger partial charge in [-0.2, -0.15) is 9.97 Å². The van der Waals surface area contributed by atoms with E-state index in [0.29, 0.717) is 12.1 Å². The number of thiocarbonyl (C=S) groups is 1. The number of hydrogen-bond donors (Lipinski definition) is 3. The van der Waals surface area contributed by atoms with Crippen LogP contribution in [0.15, 0.2) is 35.2 Å². The van der Waals surface area contributed by atoms with Crippen LogP contribution in [-0.4, -0.2) is 43.6 Å². The first-order valence-corrected chi connectivity index (χ1v) is 11.9. The van der Waals surface area contributed by atoms with Crippen LogP contribution in [-0.2, 0) is 14.8 Å². The number of ether oxygens (including phenoxy) is 2. The van der Waals surface area contributed by atoms with E-state index in [1.165, 1.54) is 44.6 Å². The standard InChI is InChI=1S/C20H27N5O5S2/c1-4-5-6-7-8-17(26)23-20(31)21-14-9-11-15(12-10-14)32(27,28)25-16-13-18(29-2)24-19(22-16)30-3/h9-13H,4-8H2,1-3H3,(H,22,24,25)(H2,21,23,26,31). The summed E-state index contributed by atoms with van der Waals surface area (Å²) in [4.78, 5) is 19.8. The predicted molar refractivity (Wildman–Crippen MR) is 126 cm³/mol. The van der Waals surface area contributed by atoms with E-state index in [0.717, 1.165) is 25.7 Å². The zero-order chi connectivity index (χ0) is 23.6. The minimum Gasteiger partial charge on any atom is -0.481 e. The summed E-state index contributed by atoms with van der Waals surface area (Å²) < 4.78 is 37.7. The smallest absolute Gasteiger partial charge is 0.321 e. The van der Waals surface area contributed by atoms with Crippen LogP contribution in [0.1, 0.15) is 39.0 Å². The molecule has 0 unspecified atom stereocenters. The summed E-state index contributed by atoms with van der Waals surface area (Å²) in [5.41, 5.74) is 0.533. The first-order chi connectivity index (χ1) is 15.3. The van der Waals surface area contributed by atoms with E-state index in [-0.39, 0.29) is 33.6 Å². The van der Waals surface area contributed by atoms with Gasteiger partial charge in [-0.15, -0.1) is 0 Å². The molecule has 0 aliphatic rings. The van der Waals surface area contributed by atoms with Crippen LogP contribution in [0.4, 0.5) is 11.5 Å². The molecule has 1 heterocycles. The van der Waals surface area contributed by atoms with Crippen molar-refractivity contribution in [3.63, 3.8) is 0 Å². The van der Waals surface area contributed by atoms with E-state index >= 15 is 0 Å². The van der Waals surface area contributed by atoms with Gasteiger partial charge in [-0.25, -0.2) is 8.42 Å². The molecule has 174 valence electrons. The molecule has 10 nitrogen and oxygen atoms in total. The van der Waals surface area contributed by atoms with Crippen molar-refractivity contribution in [3.8, 4) is 11.9 Å². The van der Waals surface area contributed by atoms with Crippen molar-refractivity contribution in [2.75, 3.05) is 24.3 Å². The molecule has 1 amide bonds. The Morgan fingerprint density at radius 2 is 1.78 bits per heavy atom. The number of unbranched alkanes of at least 4 members (excludes halogenated alkanes) is 3. The second-order valence-corrected chi connectivity index (χ2v) is 8.82. The number of nitrogens with zero attached hydrogens (tertiary/aromatic N) is 2. The quantitative estimate of drug-likeness (QED) is 0.327. The lowest BCUT2D eigenvalue weighted by atomic mass is 10.1. The van der Waals surface area contributed by atoms with Crippen LogP contribution in [0, 0.1) is 0 Å². The summed E-state index contributed by atoms with van der Waals surface area (Å²) in [5, 5.41) is 5.63. The molecule has 0 bridgehead atoms. The number of aromatic nitrogens is 2. The maximum absolute atomic E-state index is 12.7. The van der Waals surface area contributed by atoms with Gasteiger partial charge >= 0.3 is 6.01 Å². The Hall–Kier alpha value is -2.99. The molecule has 0 aliphatic heterocycles. The number of carbonyl (C=O) groups excluding carboxylic acids is 1. The van der Waals surface area contributed by atoms with Crippen molar-refractivity contribution in [2.45, 2.75) is 43.9 Å². The van der Waals surface area contributed by atoms with Crippen LogP contribution >= 0.6 is 12.2 Å². The molecule has 3 N–H and O–H groups in total. The molecule has 0 aliphatic carbocycles. The Labute approximate surface area is 193 Å². The lowest BCUT2D eigenvalue weighted by Crippen LogP contribution is -2.33. The zero-order valence-electron chi connectivity index (χ0n) is 18.2. The SMILES string of the molecule is CCCCCCC(=O)NC(=S)Nc1ccc(S(=O)(=O)Nc2cc(OC)nc(OC)n2)cc1. The van der Waals surface area contributed by atoms with Crippen molar-refractivity contribution in [1.82, 2.24) is 15.3 Å². The lowest BCUT2D eigenvalue weighted by Gasteiger charge is -2.11. The number of methoxy groups -OCH3 is 2. The Balaban J connectivity index is 1.97. The molecular weight excluding hydrogens is 454 g/mol. The summed E-state index contributed by atoms with van der Waals surface area (Å²) in [6, 6.07) is 7.16. The third-order valence-corrected chi connectivity index (χ3v) is 5.82. The summed E-state index contributed by atoms with van der Waals surface area (Å²) in [6.07, 6.45) is 4.42. The number of hydrogen-bond acceptors (Lipinski definition) is 8. The highest BCUT2D eigenvalue weighted by Gasteiger charge is 2.17. The average molecular weight is 482 g/mol. The summed E-state index contributed by atoms with van der Waals surface area (Å²) >= 11 is 5.14. The zero-order valence-corrected chi connectivity index (χ0v) is 19.8. The first kappa shape index (κ1) is 25.3. The Kier molecular flexibility index (Phi) is 9.60. The third kappa shape index (κ3) is 7.93. The van der Waals surface area contributed by atoms with E-state index in [2.05, 4.69) is 32.2 Å². The number of anilines is 2. The van der Waals surface area contributed by atoms with E-state index < -0.39 is 10.0 Å². The molecule has 0 atom stereocenters. The topological polar surface area (TPSA) is 132 Å². The van der Waals surface area contributed by atoms with E-state index in [1.54, 1.807) is 0 Å². The van der Waals surface area contributed by atoms with Gasteiger partial charge in [0.1, 0.15) is 0 Å². The molecule has 1 aromatic heterocycles. The van der Waals surface area contributed by atoms with Crippen molar-refractivity contribution >= 4 is 44.8 Å². The molecule has 2 aromatic rings. The minimum absolute atomic E-state index is 0.00118. The molecule has 0 fully saturated rings. The lowest BCUT2D eigenvalue weighted by molar-refractivity contribution is -0.119. The van der Waals surface area contributed by atoms with Gasteiger partial charge < -0.3 is 20.1 Å². The van der Waals surface area contributed by atoms with E-state index in [4.69, 9.17) is 21.7 Å². The average Bonchev–Trinajstić information content (AvgIpc) is 2.76. The van der Waals surface area contributed by atoms with Gasteiger partial charge in [0.2, 0.25) is 11.8 Å². The molecule has 0 saturated carbocycles. The largest absolute Gasteiger partial charge is 0.481 e. The fraction of sp³-hybridized carbons (Fsp3) is 0.400. The molecular formula is C20H27N5O5S2. The second kappa shape index (κ2) is 12.2. The maximum Gasteiger partial charge on any atom is 0.321 e. The maximum atomic E-state index is 12.7. The van der Waals surface area contributed by atoms with Gasteiger partial charge in [0.05, 0.1) is 19.1 Å². The predicted octanol–water partition coefficient (Wildman–Crippen LogP) is 3.08. The van der Waals surface area contributed by atoms with Crippen molar-refractivity contribution in [2.24, 2.45) is 0 Å². The van der Waals surface area contributed by atoms with E-state index in [1.807, 2.05) is 0 Å². The number of benzene rings is 1. The van der Waals surface area contributed by atoms with Gasteiger partial charge in [-0.05, 0) is 42.9 Å². The molecule has 0 radical (unpaired) electrons. The van der Waals surface area contributed by atoms with Crippen molar-refractivity contribution < 1.29 is 22.7 Å². The van der Waals surface area contributed by atoms with Crippen LogP contribution < -0.4 is 24.8 Å². The Morgan fingerprint density at radius 1 is 1.06 bits per heavy atom. The number of carbonyl (C=O) groups is 1. The highest BCUT2D eigenvalue weighted by molar-refractivity contribution is 7.92. The molecule has 0 spiro atoms. The van der Waals surface area contributed by atoms with Crippen LogP contribution in [0.25, 0.3) is 0 Å². The van der Waals surface area contributed by atoms with Gasteiger partial charge in [0, 0.05) is 18.2 Å². The summed E-state index contributed by atoms with van der Waals surface area (Å²) in [5.74, 6) is -0.00791. The van der Waals surface area contributed by atoms with Gasteiger partial charge in [-0.3, -0.25) is 9.52 Å². The monoisotopic (exact) mass is 481 g/mol. The fourth-order valence-corrected chi connectivity index (χ4v) is 3.85. The molecule has 32 heavy (non-hydrogen) atoms. The number of rotatable bonds is 11. The second-order valence-electron chi connectivity index (χ2n) is 6.73. The summed E-state index contributed by atoms with van der Waals surface area (Å²) in [7, 11) is -1.17. The van der Waals surface area contributed by atoms with Crippen molar-refractivity contribution in [1.29, 1.82) is 0 Å². The Bertz CT molecular complexity index is 1010. The highest BCUT2D eigenvalue weighted by atomic mass is 32.2. The van der Waals surface area contributed by atoms with E-state index in [9.17, 15) is 13.2 Å².